The molecule has 0 aliphatic carbocycles. The second-order valence-electron chi connectivity index (χ2n) is 5.40. The molecule has 106 valence electrons. The van der Waals surface area contributed by atoms with Crippen LogP contribution in [0.4, 0.5) is 0 Å². The Morgan fingerprint density at radius 1 is 1.25 bits per heavy atom. The molecule has 2 aromatic rings. The van der Waals surface area contributed by atoms with Crippen molar-refractivity contribution in [3.05, 3.63) is 36.7 Å². The van der Waals surface area contributed by atoms with Crippen molar-refractivity contribution in [3.63, 3.8) is 0 Å². The van der Waals surface area contributed by atoms with Crippen LogP contribution in [0.15, 0.2) is 30.9 Å². The number of nitrogens with one attached hydrogen (secondary N) is 2. The summed E-state index contributed by atoms with van der Waals surface area (Å²) in [4.78, 5) is 4.15. The van der Waals surface area contributed by atoms with E-state index >= 15 is 0 Å². The first-order valence-corrected chi connectivity index (χ1v) is 7.06. The van der Waals surface area contributed by atoms with Crippen LogP contribution in [0.2, 0.25) is 0 Å². The Labute approximate surface area is 118 Å². The Kier molecular flexibility index (Phi) is 3.75. The molecule has 3 rings (SSSR count). The van der Waals surface area contributed by atoms with E-state index in [1.54, 1.807) is 12.5 Å². The monoisotopic (exact) mass is 272 g/mol. The fourth-order valence-corrected chi connectivity index (χ4v) is 2.85. The van der Waals surface area contributed by atoms with Crippen molar-refractivity contribution in [1.82, 2.24) is 30.6 Å². The quantitative estimate of drug-likeness (QED) is 0.872. The smallest absolute Gasteiger partial charge is 0.137 e. The normalized spacial score (nSPS) is 26.0. The number of rotatable bonds is 4. The van der Waals surface area contributed by atoms with E-state index in [2.05, 4.69) is 39.9 Å². The molecule has 20 heavy (non-hydrogen) atoms. The Balaban J connectivity index is 1.71. The second-order valence-corrected chi connectivity index (χ2v) is 5.40. The summed E-state index contributed by atoms with van der Waals surface area (Å²) in [6.45, 7) is 4.43. The molecule has 3 heterocycles. The lowest BCUT2D eigenvalue weighted by molar-refractivity contribution is 0.409. The van der Waals surface area contributed by atoms with Crippen molar-refractivity contribution in [2.24, 2.45) is 5.92 Å². The van der Waals surface area contributed by atoms with Crippen LogP contribution in [0.3, 0.4) is 0 Å². The molecule has 2 unspecified atom stereocenters. The summed E-state index contributed by atoms with van der Waals surface area (Å²) >= 11 is 0. The summed E-state index contributed by atoms with van der Waals surface area (Å²) in [5.41, 5.74) is 7.60. The number of nitrogens with zero attached hydrogens (tertiary/aromatic N) is 4. The first kappa shape index (κ1) is 13.2. The number of hydrogen-bond acceptors (Lipinski definition) is 5. The van der Waals surface area contributed by atoms with Gasteiger partial charge in [-0.15, -0.1) is 10.2 Å². The minimum Gasteiger partial charge on any atom is -0.284 e. The van der Waals surface area contributed by atoms with Crippen molar-refractivity contribution in [1.29, 1.82) is 0 Å². The topological polar surface area (TPSA) is 67.7 Å². The van der Waals surface area contributed by atoms with Crippen LogP contribution in [-0.4, -0.2) is 31.8 Å². The second kappa shape index (κ2) is 5.68. The molecule has 0 bridgehead atoms. The maximum atomic E-state index is 4.25. The molecular formula is C14H20N6. The number of aryl methyl sites for hydroxylation is 1. The highest BCUT2D eigenvalue weighted by Gasteiger charge is 2.29. The summed E-state index contributed by atoms with van der Waals surface area (Å²) in [6, 6.07) is 4.91. The highest BCUT2D eigenvalue weighted by molar-refractivity contribution is 5.28. The minimum absolute atomic E-state index is 0.486. The van der Waals surface area contributed by atoms with Gasteiger partial charge in [-0.3, -0.25) is 20.4 Å². The van der Waals surface area contributed by atoms with Gasteiger partial charge in [0.2, 0.25) is 0 Å². The SMILES string of the molecule is CC1NNC(C)C1CCc1nncn1-c1cccnc1. The number of aromatic nitrogens is 4. The molecule has 2 N–H and O–H groups in total. The van der Waals surface area contributed by atoms with Gasteiger partial charge in [0.15, 0.2) is 0 Å². The minimum atomic E-state index is 0.486. The third kappa shape index (κ3) is 2.57. The van der Waals surface area contributed by atoms with Crippen LogP contribution in [0.5, 0.6) is 0 Å². The summed E-state index contributed by atoms with van der Waals surface area (Å²) in [6.07, 6.45) is 7.35. The molecule has 2 atom stereocenters. The Hall–Kier alpha value is -1.79. The Morgan fingerprint density at radius 2 is 2.05 bits per heavy atom. The van der Waals surface area contributed by atoms with Gasteiger partial charge in [0, 0.05) is 24.7 Å². The summed E-state index contributed by atoms with van der Waals surface area (Å²) in [5.74, 6) is 1.60. The van der Waals surface area contributed by atoms with E-state index in [9.17, 15) is 0 Å². The maximum absolute atomic E-state index is 4.25. The average molecular weight is 272 g/mol. The van der Waals surface area contributed by atoms with Gasteiger partial charge >= 0.3 is 0 Å². The van der Waals surface area contributed by atoms with Gasteiger partial charge in [-0.1, -0.05) is 0 Å². The average Bonchev–Trinajstić information content (AvgIpc) is 3.06. The predicted molar refractivity (Wildman–Crippen MR) is 76.2 cm³/mol. The van der Waals surface area contributed by atoms with E-state index in [1.807, 2.05) is 22.9 Å². The van der Waals surface area contributed by atoms with Crippen molar-refractivity contribution in [3.8, 4) is 5.69 Å². The van der Waals surface area contributed by atoms with Gasteiger partial charge < -0.3 is 0 Å². The molecule has 0 amide bonds. The molecule has 1 aliphatic heterocycles. The molecular weight excluding hydrogens is 252 g/mol. The lowest BCUT2D eigenvalue weighted by Gasteiger charge is -2.17. The van der Waals surface area contributed by atoms with E-state index < -0.39 is 0 Å². The number of pyridine rings is 1. The molecule has 1 fully saturated rings. The highest BCUT2D eigenvalue weighted by Crippen LogP contribution is 2.21. The summed E-state index contributed by atoms with van der Waals surface area (Å²) < 4.78 is 2.01. The molecule has 2 aromatic heterocycles. The zero-order chi connectivity index (χ0) is 13.9. The van der Waals surface area contributed by atoms with Crippen LogP contribution in [-0.2, 0) is 6.42 Å². The van der Waals surface area contributed by atoms with Gasteiger partial charge in [-0.25, -0.2) is 0 Å². The van der Waals surface area contributed by atoms with Crippen molar-refractivity contribution >= 4 is 0 Å². The molecule has 0 spiro atoms. The molecule has 0 radical (unpaired) electrons. The first-order chi connectivity index (χ1) is 9.75. The molecule has 1 saturated heterocycles. The predicted octanol–water partition coefficient (Wildman–Crippen LogP) is 1.10. The third-order valence-corrected chi connectivity index (χ3v) is 4.07. The van der Waals surface area contributed by atoms with Gasteiger partial charge in [0.05, 0.1) is 11.9 Å². The van der Waals surface area contributed by atoms with Crippen molar-refractivity contribution in [2.45, 2.75) is 38.8 Å². The van der Waals surface area contributed by atoms with Gasteiger partial charge in [-0.05, 0) is 38.3 Å². The van der Waals surface area contributed by atoms with E-state index in [1.165, 1.54) is 0 Å². The fraction of sp³-hybridized carbons (Fsp3) is 0.500. The van der Waals surface area contributed by atoms with Gasteiger partial charge in [0.25, 0.3) is 0 Å². The molecule has 1 aliphatic rings. The zero-order valence-electron chi connectivity index (χ0n) is 11.8. The Bertz CT molecular complexity index is 542. The standard InChI is InChI=1S/C14H20N6/c1-10-13(11(2)18-17-10)5-6-14-19-16-9-20(14)12-4-3-7-15-8-12/h3-4,7-11,13,17-18H,5-6H2,1-2H3. The van der Waals surface area contributed by atoms with Gasteiger partial charge in [-0.2, -0.15) is 0 Å². The Morgan fingerprint density at radius 3 is 2.75 bits per heavy atom. The molecule has 0 saturated carbocycles. The van der Waals surface area contributed by atoms with Gasteiger partial charge in [0.1, 0.15) is 12.2 Å². The van der Waals surface area contributed by atoms with Crippen LogP contribution in [0.25, 0.3) is 5.69 Å². The third-order valence-electron chi connectivity index (χ3n) is 4.07. The number of hydrogen-bond donors (Lipinski definition) is 2. The van der Waals surface area contributed by atoms with Crippen molar-refractivity contribution in [2.75, 3.05) is 0 Å². The molecule has 6 nitrogen and oxygen atoms in total. The van der Waals surface area contributed by atoms with Crippen LogP contribution >= 0.6 is 0 Å². The molecule has 6 heteroatoms. The fourth-order valence-electron chi connectivity index (χ4n) is 2.85. The largest absolute Gasteiger partial charge is 0.284 e. The zero-order valence-corrected chi connectivity index (χ0v) is 11.8. The maximum Gasteiger partial charge on any atom is 0.137 e. The van der Waals surface area contributed by atoms with Crippen LogP contribution in [0.1, 0.15) is 26.1 Å². The lowest BCUT2D eigenvalue weighted by Crippen LogP contribution is -2.30. The first-order valence-electron chi connectivity index (χ1n) is 7.06. The van der Waals surface area contributed by atoms with Crippen molar-refractivity contribution < 1.29 is 0 Å². The van der Waals surface area contributed by atoms with E-state index in [4.69, 9.17) is 0 Å². The van der Waals surface area contributed by atoms with E-state index in [-0.39, 0.29) is 0 Å². The van der Waals surface area contributed by atoms with Crippen LogP contribution < -0.4 is 10.9 Å². The highest BCUT2D eigenvalue weighted by atomic mass is 15.4. The number of hydrazine groups is 1. The van der Waals surface area contributed by atoms with E-state index in [0.29, 0.717) is 18.0 Å². The summed E-state index contributed by atoms with van der Waals surface area (Å²) in [7, 11) is 0. The van der Waals surface area contributed by atoms with E-state index in [0.717, 1.165) is 24.4 Å². The van der Waals surface area contributed by atoms with Crippen LogP contribution in [0, 0.1) is 5.92 Å². The molecule has 0 aromatic carbocycles. The lowest BCUT2D eigenvalue weighted by atomic mass is 9.91. The summed E-state index contributed by atoms with van der Waals surface area (Å²) in [5, 5.41) is 8.28.